The minimum Gasteiger partial charge on any atom is -0.377 e. The van der Waals surface area contributed by atoms with Crippen molar-refractivity contribution in [2.75, 3.05) is 18.5 Å². The largest absolute Gasteiger partial charge is 0.377 e. The van der Waals surface area contributed by atoms with E-state index in [1.54, 1.807) is 6.07 Å². The van der Waals surface area contributed by atoms with Crippen molar-refractivity contribution >= 4 is 17.3 Å². The molecule has 1 fully saturated rings. The van der Waals surface area contributed by atoms with Crippen molar-refractivity contribution in [3.05, 3.63) is 29.0 Å². The van der Waals surface area contributed by atoms with Gasteiger partial charge < -0.3 is 10.1 Å². The summed E-state index contributed by atoms with van der Waals surface area (Å²) in [5, 5.41) is 3.53. The zero-order chi connectivity index (χ0) is 9.26. The number of nitrogens with one attached hydrogen (secondary N) is 1. The van der Waals surface area contributed by atoms with E-state index in [2.05, 4.69) is 5.32 Å². The van der Waals surface area contributed by atoms with Crippen LogP contribution in [-0.4, -0.2) is 19.3 Å². The number of ether oxygens (including phenoxy) is 1. The fourth-order valence-corrected chi connectivity index (χ4v) is 1.32. The van der Waals surface area contributed by atoms with E-state index in [1.807, 2.05) is 0 Å². The van der Waals surface area contributed by atoms with E-state index in [0.717, 1.165) is 0 Å². The van der Waals surface area contributed by atoms with Gasteiger partial charge in [-0.2, -0.15) is 0 Å². The standard InChI is InChI=1S/C9H9ClFNO/c10-6-1-2-8(11)9(3-6)12-7-4-13-5-7/h1-3,7,12H,4-5H2. The molecule has 0 unspecified atom stereocenters. The number of hydrogen-bond donors (Lipinski definition) is 1. The van der Waals surface area contributed by atoms with Gasteiger partial charge in [-0.25, -0.2) is 4.39 Å². The van der Waals surface area contributed by atoms with Crippen LogP contribution in [0.3, 0.4) is 0 Å². The molecule has 0 aliphatic carbocycles. The van der Waals surface area contributed by atoms with Gasteiger partial charge in [-0.05, 0) is 18.2 Å². The molecule has 2 nitrogen and oxygen atoms in total. The second kappa shape index (κ2) is 3.52. The van der Waals surface area contributed by atoms with Gasteiger partial charge in [0.15, 0.2) is 0 Å². The molecule has 1 aromatic rings. The smallest absolute Gasteiger partial charge is 0.146 e. The topological polar surface area (TPSA) is 21.3 Å². The van der Waals surface area contributed by atoms with Gasteiger partial charge in [0.2, 0.25) is 0 Å². The van der Waals surface area contributed by atoms with Crippen LogP contribution in [0.15, 0.2) is 18.2 Å². The van der Waals surface area contributed by atoms with Crippen LogP contribution in [-0.2, 0) is 4.74 Å². The molecule has 4 heteroatoms. The van der Waals surface area contributed by atoms with Crippen LogP contribution >= 0.6 is 11.6 Å². The molecule has 70 valence electrons. The Labute approximate surface area is 80.7 Å². The van der Waals surface area contributed by atoms with Crippen LogP contribution in [0.4, 0.5) is 10.1 Å². The van der Waals surface area contributed by atoms with E-state index in [4.69, 9.17) is 16.3 Å². The lowest BCUT2D eigenvalue weighted by molar-refractivity contribution is 0.0210. The average Bonchev–Trinajstić information content (AvgIpc) is 2.03. The van der Waals surface area contributed by atoms with E-state index in [1.165, 1.54) is 12.1 Å². The highest BCUT2D eigenvalue weighted by molar-refractivity contribution is 6.30. The molecule has 1 aromatic carbocycles. The normalized spacial score (nSPS) is 16.8. The van der Waals surface area contributed by atoms with Crippen molar-refractivity contribution in [1.29, 1.82) is 0 Å². The maximum Gasteiger partial charge on any atom is 0.146 e. The van der Waals surface area contributed by atoms with Crippen molar-refractivity contribution in [2.45, 2.75) is 6.04 Å². The van der Waals surface area contributed by atoms with Crippen molar-refractivity contribution in [3.8, 4) is 0 Å². The molecule has 0 atom stereocenters. The third-order valence-corrected chi connectivity index (χ3v) is 2.16. The zero-order valence-corrected chi connectivity index (χ0v) is 7.64. The van der Waals surface area contributed by atoms with Crippen LogP contribution in [0.25, 0.3) is 0 Å². The summed E-state index contributed by atoms with van der Waals surface area (Å²) in [7, 11) is 0. The summed E-state index contributed by atoms with van der Waals surface area (Å²) in [6, 6.07) is 4.67. The van der Waals surface area contributed by atoms with Crippen LogP contribution in [0.2, 0.25) is 5.02 Å². The Morgan fingerprint density at radius 2 is 2.23 bits per heavy atom. The Hall–Kier alpha value is -0.800. The highest BCUT2D eigenvalue weighted by Crippen LogP contribution is 2.21. The summed E-state index contributed by atoms with van der Waals surface area (Å²) in [6.07, 6.45) is 0. The van der Waals surface area contributed by atoms with Gasteiger partial charge >= 0.3 is 0 Å². The minimum absolute atomic E-state index is 0.216. The molecule has 0 radical (unpaired) electrons. The number of benzene rings is 1. The third-order valence-electron chi connectivity index (χ3n) is 1.93. The van der Waals surface area contributed by atoms with Gasteiger partial charge in [-0.3, -0.25) is 0 Å². The second-order valence-electron chi connectivity index (χ2n) is 3.00. The molecule has 1 heterocycles. The van der Waals surface area contributed by atoms with Gasteiger partial charge in [0, 0.05) is 5.02 Å². The summed E-state index contributed by atoms with van der Waals surface area (Å²) in [5.41, 5.74) is 0.445. The first-order valence-corrected chi connectivity index (χ1v) is 4.43. The Morgan fingerprint density at radius 1 is 1.46 bits per heavy atom. The van der Waals surface area contributed by atoms with Gasteiger partial charge in [-0.15, -0.1) is 0 Å². The third kappa shape index (κ3) is 1.92. The molecule has 0 aromatic heterocycles. The van der Waals surface area contributed by atoms with E-state index >= 15 is 0 Å². The summed E-state index contributed by atoms with van der Waals surface area (Å²) in [4.78, 5) is 0. The molecule has 0 spiro atoms. The van der Waals surface area contributed by atoms with Crippen molar-refractivity contribution in [2.24, 2.45) is 0 Å². The maximum absolute atomic E-state index is 13.1. The van der Waals surface area contributed by atoms with E-state index in [0.29, 0.717) is 23.9 Å². The molecule has 1 N–H and O–H groups in total. The molecule has 0 bridgehead atoms. The Balaban J connectivity index is 2.13. The van der Waals surface area contributed by atoms with Gasteiger partial charge in [-0.1, -0.05) is 11.6 Å². The van der Waals surface area contributed by atoms with Crippen LogP contribution in [0, 0.1) is 5.82 Å². The van der Waals surface area contributed by atoms with Crippen LogP contribution in [0.5, 0.6) is 0 Å². The first kappa shape index (κ1) is 8.78. The Morgan fingerprint density at radius 3 is 2.85 bits per heavy atom. The minimum atomic E-state index is -0.281. The molecule has 1 aliphatic heterocycles. The molecular weight excluding hydrogens is 193 g/mol. The highest BCUT2D eigenvalue weighted by Gasteiger charge is 2.18. The summed E-state index contributed by atoms with van der Waals surface area (Å²) >= 11 is 5.72. The number of rotatable bonds is 2. The molecule has 0 saturated carbocycles. The molecule has 1 saturated heterocycles. The predicted octanol–water partition coefficient (Wildman–Crippen LogP) is 2.29. The average molecular weight is 202 g/mol. The summed E-state index contributed by atoms with van der Waals surface area (Å²) in [6.45, 7) is 1.26. The van der Waals surface area contributed by atoms with E-state index < -0.39 is 0 Å². The number of hydrogen-bond acceptors (Lipinski definition) is 2. The first-order chi connectivity index (χ1) is 6.25. The summed E-state index contributed by atoms with van der Waals surface area (Å²) < 4.78 is 18.1. The number of halogens is 2. The van der Waals surface area contributed by atoms with Crippen molar-refractivity contribution in [1.82, 2.24) is 0 Å². The van der Waals surface area contributed by atoms with Gasteiger partial charge in [0.1, 0.15) is 5.82 Å². The van der Waals surface area contributed by atoms with Gasteiger partial charge in [0.05, 0.1) is 24.9 Å². The number of anilines is 1. The lowest BCUT2D eigenvalue weighted by Crippen LogP contribution is -2.40. The lowest BCUT2D eigenvalue weighted by atomic mass is 10.2. The quantitative estimate of drug-likeness (QED) is 0.793. The van der Waals surface area contributed by atoms with E-state index in [9.17, 15) is 4.39 Å². The van der Waals surface area contributed by atoms with Crippen molar-refractivity contribution in [3.63, 3.8) is 0 Å². The fourth-order valence-electron chi connectivity index (χ4n) is 1.15. The zero-order valence-electron chi connectivity index (χ0n) is 6.89. The maximum atomic E-state index is 13.1. The molecule has 0 amide bonds. The Kier molecular flexibility index (Phi) is 2.38. The lowest BCUT2D eigenvalue weighted by Gasteiger charge is -2.28. The fraction of sp³-hybridized carbons (Fsp3) is 0.333. The molecular formula is C9H9ClFNO. The SMILES string of the molecule is Fc1ccc(Cl)cc1NC1COC1. The molecule has 1 aliphatic rings. The molecule has 2 rings (SSSR count). The van der Waals surface area contributed by atoms with Crippen molar-refractivity contribution < 1.29 is 9.13 Å². The van der Waals surface area contributed by atoms with Crippen LogP contribution in [0.1, 0.15) is 0 Å². The summed E-state index contributed by atoms with van der Waals surface area (Å²) in [5.74, 6) is -0.281. The highest BCUT2D eigenvalue weighted by atomic mass is 35.5. The first-order valence-electron chi connectivity index (χ1n) is 4.05. The van der Waals surface area contributed by atoms with Crippen LogP contribution < -0.4 is 5.32 Å². The molecule has 13 heavy (non-hydrogen) atoms. The second-order valence-corrected chi connectivity index (χ2v) is 3.44. The van der Waals surface area contributed by atoms with Gasteiger partial charge in [0.25, 0.3) is 0 Å². The predicted molar refractivity (Wildman–Crippen MR) is 49.6 cm³/mol. The Bertz CT molecular complexity index is 314. The monoisotopic (exact) mass is 201 g/mol. The van der Waals surface area contributed by atoms with E-state index in [-0.39, 0.29) is 11.9 Å².